The first-order valence-electron chi connectivity index (χ1n) is 9.91. The molecule has 0 aliphatic carbocycles. The number of carbonyl (C=O) groups excluding carboxylic acids is 1. The number of amides is 2. The molecule has 0 saturated carbocycles. The van der Waals surface area contributed by atoms with Crippen molar-refractivity contribution in [1.29, 1.82) is 0 Å². The predicted molar refractivity (Wildman–Crippen MR) is 116 cm³/mol. The number of rotatable bonds is 6. The highest BCUT2D eigenvalue weighted by molar-refractivity contribution is 6.16. The van der Waals surface area contributed by atoms with Crippen LogP contribution in [0, 0.1) is 0 Å². The van der Waals surface area contributed by atoms with Gasteiger partial charge in [0.25, 0.3) is 0 Å². The van der Waals surface area contributed by atoms with Gasteiger partial charge in [0.1, 0.15) is 6.61 Å². The summed E-state index contributed by atoms with van der Waals surface area (Å²) in [5, 5.41) is 0. The third kappa shape index (κ3) is 4.56. The summed E-state index contributed by atoms with van der Waals surface area (Å²) < 4.78 is 50.7. The molecule has 2 amide bonds. The minimum atomic E-state index is -4.46. The van der Waals surface area contributed by atoms with Gasteiger partial charge < -0.3 is 9.47 Å². The lowest BCUT2D eigenvalue weighted by Gasteiger charge is -2.15. The zero-order valence-electron chi connectivity index (χ0n) is 18.2. The number of methoxy groups -OCH3 is 1. The number of carbonyl (C=O) groups is 1. The molecule has 6 nitrogen and oxygen atoms in total. The molecule has 2 aromatic rings. The van der Waals surface area contributed by atoms with Crippen molar-refractivity contribution in [2.45, 2.75) is 19.7 Å². The van der Waals surface area contributed by atoms with E-state index < -0.39 is 11.7 Å². The standard InChI is InChI=1S/C23H24F3N3O3/c1-5-29-21(27-2)18(28(3)22(29)30)12-15-10-11-19(20(13-15)31-4)32-14-16-8-6-7-9-17(16)23(24,25)26/h6-13H,5,14H2,1-4H3/b18-12-,27-21?. The molecule has 9 heteroatoms. The Morgan fingerprint density at radius 1 is 1.12 bits per heavy atom. The third-order valence-electron chi connectivity index (χ3n) is 5.09. The lowest BCUT2D eigenvalue weighted by molar-refractivity contribution is -0.138. The van der Waals surface area contributed by atoms with Gasteiger partial charge in [-0.2, -0.15) is 13.2 Å². The number of nitrogens with zero attached hydrogens (tertiary/aromatic N) is 3. The molecule has 1 aliphatic rings. The third-order valence-corrected chi connectivity index (χ3v) is 5.09. The summed E-state index contributed by atoms with van der Waals surface area (Å²) in [4.78, 5) is 19.7. The van der Waals surface area contributed by atoms with E-state index in [9.17, 15) is 18.0 Å². The van der Waals surface area contributed by atoms with Crippen molar-refractivity contribution in [3.63, 3.8) is 0 Å². The molecule has 0 aromatic heterocycles. The highest BCUT2D eigenvalue weighted by Gasteiger charge is 2.35. The maximum atomic E-state index is 13.2. The number of benzene rings is 2. The zero-order valence-corrected chi connectivity index (χ0v) is 18.2. The van der Waals surface area contributed by atoms with E-state index in [2.05, 4.69) is 4.99 Å². The molecule has 0 atom stereocenters. The van der Waals surface area contributed by atoms with E-state index in [4.69, 9.17) is 9.47 Å². The van der Waals surface area contributed by atoms with Crippen LogP contribution in [0.1, 0.15) is 23.6 Å². The Morgan fingerprint density at radius 2 is 1.84 bits per heavy atom. The first kappa shape index (κ1) is 23.2. The average Bonchev–Trinajstić information content (AvgIpc) is 3.01. The number of urea groups is 1. The minimum absolute atomic E-state index is 0.0304. The Hall–Kier alpha value is -3.49. The largest absolute Gasteiger partial charge is 0.493 e. The van der Waals surface area contributed by atoms with Crippen LogP contribution in [-0.2, 0) is 12.8 Å². The van der Waals surface area contributed by atoms with Crippen LogP contribution in [0.2, 0.25) is 0 Å². The summed E-state index contributed by atoms with van der Waals surface area (Å²) >= 11 is 0. The Bertz CT molecular complexity index is 1060. The normalized spacial score (nSPS) is 16.9. The summed E-state index contributed by atoms with van der Waals surface area (Å²) in [5.74, 6) is 1.23. The van der Waals surface area contributed by atoms with Crippen molar-refractivity contribution in [3.8, 4) is 11.5 Å². The predicted octanol–water partition coefficient (Wildman–Crippen LogP) is 5.05. The number of amidine groups is 1. The second kappa shape index (κ2) is 9.33. The molecule has 1 fully saturated rings. The number of halogens is 3. The summed E-state index contributed by atoms with van der Waals surface area (Å²) in [6.45, 7) is 2.09. The Balaban J connectivity index is 1.87. The summed E-state index contributed by atoms with van der Waals surface area (Å²) in [5.41, 5.74) is 0.650. The van der Waals surface area contributed by atoms with Gasteiger partial charge in [0.15, 0.2) is 17.3 Å². The van der Waals surface area contributed by atoms with Gasteiger partial charge in [-0.15, -0.1) is 0 Å². The van der Waals surface area contributed by atoms with Crippen LogP contribution in [0.25, 0.3) is 6.08 Å². The molecule has 1 aliphatic heterocycles. The molecule has 0 N–H and O–H groups in total. The molecule has 0 radical (unpaired) electrons. The van der Waals surface area contributed by atoms with Crippen molar-refractivity contribution >= 4 is 17.9 Å². The van der Waals surface area contributed by atoms with Crippen LogP contribution in [0.5, 0.6) is 11.5 Å². The van der Waals surface area contributed by atoms with Crippen LogP contribution in [0.3, 0.4) is 0 Å². The van der Waals surface area contributed by atoms with Gasteiger partial charge >= 0.3 is 12.2 Å². The SMILES string of the molecule is CCN1C(=O)N(C)/C(=C\c2ccc(OCc3ccccc3C(F)(F)F)c(OC)c2)C1=NC. The van der Waals surface area contributed by atoms with Gasteiger partial charge in [-0.25, -0.2) is 4.79 Å². The van der Waals surface area contributed by atoms with Crippen molar-refractivity contribution in [2.24, 2.45) is 4.99 Å². The summed E-state index contributed by atoms with van der Waals surface area (Å²) in [6.07, 6.45) is -2.67. The molecule has 170 valence electrons. The maximum absolute atomic E-state index is 13.2. The molecule has 0 bridgehead atoms. The smallest absolute Gasteiger partial charge is 0.416 e. The lowest BCUT2D eigenvalue weighted by atomic mass is 10.1. The lowest BCUT2D eigenvalue weighted by Crippen LogP contribution is -2.31. The summed E-state index contributed by atoms with van der Waals surface area (Å²) in [7, 11) is 4.74. The second-order valence-electron chi connectivity index (χ2n) is 7.02. The monoisotopic (exact) mass is 447 g/mol. The molecule has 2 aromatic carbocycles. The molecular formula is C23H24F3N3O3. The van der Waals surface area contributed by atoms with Gasteiger partial charge in [-0.05, 0) is 36.8 Å². The van der Waals surface area contributed by atoms with Crippen molar-refractivity contribution < 1.29 is 27.4 Å². The highest BCUT2D eigenvalue weighted by Crippen LogP contribution is 2.34. The minimum Gasteiger partial charge on any atom is -0.493 e. The first-order chi connectivity index (χ1) is 15.2. The average molecular weight is 447 g/mol. The van der Waals surface area contributed by atoms with E-state index in [1.54, 1.807) is 43.3 Å². The van der Waals surface area contributed by atoms with E-state index >= 15 is 0 Å². The van der Waals surface area contributed by atoms with Gasteiger partial charge in [-0.3, -0.25) is 14.8 Å². The zero-order chi connectivity index (χ0) is 23.5. The molecule has 1 heterocycles. The van der Waals surface area contributed by atoms with E-state index in [0.717, 1.165) is 11.6 Å². The van der Waals surface area contributed by atoms with Crippen molar-refractivity contribution in [1.82, 2.24) is 9.80 Å². The number of ether oxygens (including phenoxy) is 2. The second-order valence-corrected chi connectivity index (χ2v) is 7.02. The van der Waals surface area contributed by atoms with E-state index in [1.807, 2.05) is 6.92 Å². The van der Waals surface area contributed by atoms with E-state index in [0.29, 0.717) is 29.6 Å². The van der Waals surface area contributed by atoms with E-state index in [-0.39, 0.29) is 18.2 Å². The van der Waals surface area contributed by atoms with Gasteiger partial charge in [0.05, 0.1) is 18.4 Å². The van der Waals surface area contributed by atoms with Crippen LogP contribution in [-0.4, -0.2) is 49.4 Å². The molecule has 0 unspecified atom stereocenters. The number of alkyl halides is 3. The Labute approximate surface area is 184 Å². The fraction of sp³-hybridized carbons (Fsp3) is 0.304. The molecule has 0 spiro atoms. The molecule has 32 heavy (non-hydrogen) atoms. The van der Waals surface area contributed by atoms with Gasteiger partial charge in [0, 0.05) is 26.2 Å². The first-order valence-corrected chi connectivity index (χ1v) is 9.91. The summed E-state index contributed by atoms with van der Waals surface area (Å²) in [6, 6.07) is 10.2. The van der Waals surface area contributed by atoms with Crippen LogP contribution < -0.4 is 9.47 Å². The van der Waals surface area contributed by atoms with Crippen molar-refractivity contribution in [3.05, 3.63) is 64.9 Å². The molecular weight excluding hydrogens is 423 g/mol. The van der Waals surface area contributed by atoms with Gasteiger partial charge in [0.2, 0.25) is 0 Å². The van der Waals surface area contributed by atoms with Crippen molar-refractivity contribution in [2.75, 3.05) is 27.7 Å². The number of likely N-dealkylation sites (N-methyl/N-ethyl adjacent to an activating group) is 2. The topological polar surface area (TPSA) is 54.4 Å². The number of aliphatic imine (C=N–C) groups is 1. The molecule has 3 rings (SSSR count). The molecule has 1 saturated heterocycles. The highest BCUT2D eigenvalue weighted by atomic mass is 19.4. The van der Waals surface area contributed by atoms with Crippen LogP contribution in [0.4, 0.5) is 18.0 Å². The van der Waals surface area contributed by atoms with Gasteiger partial charge in [-0.1, -0.05) is 24.3 Å². The fourth-order valence-corrected chi connectivity index (χ4v) is 3.47. The Kier molecular flexibility index (Phi) is 6.76. The quantitative estimate of drug-likeness (QED) is 0.623. The fourth-order valence-electron chi connectivity index (χ4n) is 3.47. The van der Waals surface area contributed by atoms with Crippen LogP contribution >= 0.6 is 0 Å². The number of hydrogen-bond acceptors (Lipinski definition) is 4. The van der Waals surface area contributed by atoms with Crippen LogP contribution in [0.15, 0.2) is 53.2 Å². The maximum Gasteiger partial charge on any atom is 0.416 e. The number of hydrogen-bond donors (Lipinski definition) is 0. The van der Waals surface area contributed by atoms with E-state index in [1.165, 1.54) is 30.2 Å². The Morgan fingerprint density at radius 3 is 2.47 bits per heavy atom.